The van der Waals surface area contributed by atoms with Gasteiger partial charge in [0.1, 0.15) is 6.61 Å². The lowest BCUT2D eigenvalue weighted by Crippen LogP contribution is -2.44. The molecule has 0 N–H and O–H groups in total. The quantitative estimate of drug-likeness (QED) is 0.485. The van der Waals surface area contributed by atoms with Crippen LogP contribution in [0.4, 0.5) is 5.69 Å². The molecule has 0 amide bonds. The minimum absolute atomic E-state index is 0.491. The van der Waals surface area contributed by atoms with Gasteiger partial charge in [-0.3, -0.25) is 5.01 Å². The normalized spacial score (nSPS) is 14.1. The van der Waals surface area contributed by atoms with Gasteiger partial charge >= 0.3 is 0 Å². The number of hydrogen-bond acceptors (Lipinski definition) is 5. The van der Waals surface area contributed by atoms with E-state index >= 15 is 0 Å². The summed E-state index contributed by atoms with van der Waals surface area (Å²) in [6, 6.07) is 24.0. The van der Waals surface area contributed by atoms with E-state index in [9.17, 15) is 0 Å². The number of benzene rings is 3. The molecule has 5 nitrogen and oxygen atoms in total. The molecule has 1 aliphatic rings. The highest BCUT2D eigenvalue weighted by molar-refractivity contribution is 6.30. The van der Waals surface area contributed by atoms with Gasteiger partial charge in [-0.25, -0.2) is 0 Å². The van der Waals surface area contributed by atoms with Gasteiger partial charge in [-0.15, -0.1) is 0 Å². The molecule has 3 aromatic carbocycles. The highest BCUT2D eigenvalue weighted by Gasteiger charge is 2.15. The molecule has 1 aliphatic heterocycles. The number of hydrogen-bond donors (Lipinski definition) is 0. The highest BCUT2D eigenvalue weighted by Crippen LogP contribution is 2.28. The third-order valence-corrected chi connectivity index (χ3v) is 5.49. The lowest BCUT2D eigenvalue weighted by Gasteiger charge is -2.34. The largest absolute Gasteiger partial charge is 0.493 e. The summed E-state index contributed by atoms with van der Waals surface area (Å²) in [7, 11) is 1.65. The van der Waals surface area contributed by atoms with Crippen LogP contribution in [0.25, 0.3) is 0 Å². The van der Waals surface area contributed by atoms with Crippen molar-refractivity contribution in [1.82, 2.24) is 5.01 Å². The molecule has 1 saturated heterocycles. The maximum absolute atomic E-state index is 6.00. The van der Waals surface area contributed by atoms with Crippen LogP contribution in [-0.4, -0.2) is 44.5 Å². The number of hydrazone groups is 1. The van der Waals surface area contributed by atoms with Crippen LogP contribution in [0.2, 0.25) is 5.02 Å². The molecule has 4 rings (SSSR count). The van der Waals surface area contributed by atoms with Gasteiger partial charge in [0.05, 0.1) is 26.4 Å². The molecule has 31 heavy (non-hydrogen) atoms. The number of nitrogens with zero attached hydrogens (tertiary/aromatic N) is 3. The van der Waals surface area contributed by atoms with Crippen LogP contribution in [0.15, 0.2) is 77.9 Å². The molecular formula is C25H26ClN3O2. The van der Waals surface area contributed by atoms with E-state index in [1.165, 1.54) is 5.69 Å². The third kappa shape index (κ3) is 5.70. The van der Waals surface area contributed by atoms with Crippen LogP contribution in [-0.2, 0) is 6.61 Å². The zero-order valence-electron chi connectivity index (χ0n) is 17.6. The topological polar surface area (TPSA) is 37.3 Å². The van der Waals surface area contributed by atoms with Crippen LogP contribution in [0, 0.1) is 0 Å². The van der Waals surface area contributed by atoms with E-state index in [1.54, 1.807) is 7.11 Å². The van der Waals surface area contributed by atoms with Crippen molar-refractivity contribution >= 4 is 23.5 Å². The van der Waals surface area contributed by atoms with Gasteiger partial charge < -0.3 is 14.4 Å². The summed E-state index contributed by atoms with van der Waals surface area (Å²) < 4.78 is 11.5. The Balaban J connectivity index is 1.36. The van der Waals surface area contributed by atoms with Crippen molar-refractivity contribution in [1.29, 1.82) is 0 Å². The van der Waals surface area contributed by atoms with Crippen LogP contribution >= 0.6 is 11.6 Å². The minimum atomic E-state index is 0.491. The summed E-state index contributed by atoms with van der Waals surface area (Å²) in [5.74, 6) is 1.42. The van der Waals surface area contributed by atoms with Crippen molar-refractivity contribution in [2.75, 3.05) is 38.2 Å². The number of methoxy groups -OCH3 is 1. The molecule has 1 fully saturated rings. The van der Waals surface area contributed by atoms with Crippen molar-refractivity contribution in [2.45, 2.75) is 6.61 Å². The molecular weight excluding hydrogens is 410 g/mol. The van der Waals surface area contributed by atoms with Crippen LogP contribution < -0.4 is 14.4 Å². The number of rotatable bonds is 7. The lowest BCUT2D eigenvalue weighted by molar-refractivity contribution is 0.272. The number of halogens is 1. The van der Waals surface area contributed by atoms with E-state index in [4.69, 9.17) is 21.1 Å². The van der Waals surface area contributed by atoms with Crippen LogP contribution in [0.5, 0.6) is 11.5 Å². The van der Waals surface area contributed by atoms with E-state index in [0.29, 0.717) is 18.1 Å². The summed E-state index contributed by atoms with van der Waals surface area (Å²) in [6.07, 6.45) is 1.88. The average Bonchev–Trinajstić information content (AvgIpc) is 2.83. The molecule has 0 unspecified atom stereocenters. The Kier molecular flexibility index (Phi) is 6.95. The maximum atomic E-state index is 6.00. The van der Waals surface area contributed by atoms with Gasteiger partial charge in [0.25, 0.3) is 0 Å². The smallest absolute Gasteiger partial charge is 0.162 e. The zero-order chi connectivity index (χ0) is 21.5. The number of ether oxygens (including phenoxy) is 2. The van der Waals surface area contributed by atoms with E-state index < -0.39 is 0 Å². The second-order valence-electron chi connectivity index (χ2n) is 7.35. The predicted octanol–water partition coefficient (Wildman–Crippen LogP) is 5.08. The van der Waals surface area contributed by atoms with Gasteiger partial charge in [0.15, 0.2) is 11.5 Å². The second-order valence-corrected chi connectivity index (χ2v) is 7.78. The van der Waals surface area contributed by atoms with Gasteiger partial charge in [0.2, 0.25) is 0 Å². The average molecular weight is 436 g/mol. The molecule has 0 aliphatic carbocycles. The van der Waals surface area contributed by atoms with Crippen molar-refractivity contribution < 1.29 is 9.47 Å². The standard InChI is InChI=1S/C25H26ClN3O2/c1-30-24-12-7-21(17-25(24)31-19-20-5-3-2-4-6-20)18-27-29-15-13-28(14-16-29)23-10-8-22(26)9-11-23/h2-12,17-18H,13-16,19H2,1H3/b27-18-. The SMILES string of the molecule is COc1ccc(/C=N\N2CCN(c3ccc(Cl)cc3)CC2)cc1OCc1ccccc1. The van der Waals surface area contributed by atoms with E-state index in [1.807, 2.05) is 66.9 Å². The molecule has 0 atom stereocenters. The first-order valence-corrected chi connectivity index (χ1v) is 10.7. The zero-order valence-corrected chi connectivity index (χ0v) is 18.3. The Hall–Kier alpha value is -3.18. The second kappa shape index (κ2) is 10.2. The first kappa shape index (κ1) is 21.1. The van der Waals surface area contributed by atoms with Crippen LogP contribution in [0.1, 0.15) is 11.1 Å². The monoisotopic (exact) mass is 435 g/mol. The lowest BCUT2D eigenvalue weighted by atomic mass is 10.2. The third-order valence-electron chi connectivity index (χ3n) is 5.24. The summed E-state index contributed by atoms with van der Waals surface area (Å²) in [6.45, 7) is 4.07. The number of anilines is 1. The van der Waals surface area contributed by atoms with Gasteiger partial charge in [0, 0.05) is 23.8 Å². The number of piperazine rings is 1. The molecule has 160 valence electrons. The molecule has 1 heterocycles. The van der Waals surface area contributed by atoms with Crippen molar-refractivity contribution in [3.8, 4) is 11.5 Å². The molecule has 0 saturated carbocycles. The first-order chi connectivity index (χ1) is 15.2. The van der Waals surface area contributed by atoms with Crippen molar-refractivity contribution in [2.24, 2.45) is 5.10 Å². The predicted molar refractivity (Wildman–Crippen MR) is 127 cm³/mol. The Morgan fingerprint density at radius 1 is 0.903 bits per heavy atom. The van der Waals surface area contributed by atoms with Gasteiger partial charge in [-0.1, -0.05) is 41.9 Å². The highest BCUT2D eigenvalue weighted by atomic mass is 35.5. The Morgan fingerprint density at radius 2 is 1.65 bits per heavy atom. The summed E-state index contributed by atoms with van der Waals surface area (Å²) in [5, 5.41) is 7.54. The molecule has 0 spiro atoms. The first-order valence-electron chi connectivity index (χ1n) is 10.4. The molecule has 3 aromatic rings. The van der Waals surface area contributed by atoms with E-state index in [2.05, 4.69) is 27.1 Å². The summed E-state index contributed by atoms with van der Waals surface area (Å²) in [4.78, 5) is 2.35. The fourth-order valence-electron chi connectivity index (χ4n) is 3.49. The summed E-state index contributed by atoms with van der Waals surface area (Å²) in [5.41, 5.74) is 3.29. The fourth-order valence-corrected chi connectivity index (χ4v) is 3.62. The molecule has 0 aromatic heterocycles. The van der Waals surface area contributed by atoms with Crippen molar-refractivity contribution in [3.05, 3.63) is 88.9 Å². The van der Waals surface area contributed by atoms with Gasteiger partial charge in [-0.05, 0) is 53.6 Å². The molecule has 0 bridgehead atoms. The van der Waals surface area contributed by atoms with Gasteiger partial charge in [-0.2, -0.15) is 5.10 Å². The Bertz CT molecular complexity index is 1000. The Labute approximate surface area is 188 Å². The Morgan fingerprint density at radius 3 is 2.35 bits per heavy atom. The van der Waals surface area contributed by atoms with E-state index in [-0.39, 0.29) is 0 Å². The molecule has 6 heteroatoms. The molecule has 0 radical (unpaired) electrons. The summed E-state index contributed by atoms with van der Waals surface area (Å²) >= 11 is 5.99. The maximum Gasteiger partial charge on any atom is 0.162 e. The fraction of sp³-hybridized carbons (Fsp3) is 0.240. The van der Waals surface area contributed by atoms with Crippen LogP contribution in [0.3, 0.4) is 0 Å². The van der Waals surface area contributed by atoms with Crippen molar-refractivity contribution in [3.63, 3.8) is 0 Å². The van der Waals surface area contributed by atoms with E-state index in [0.717, 1.165) is 42.3 Å². The minimum Gasteiger partial charge on any atom is -0.493 e.